The number of carbonyl (C=O) groups excluding carboxylic acids is 2. The minimum Gasteiger partial charge on any atom is -0.481 e. The van der Waals surface area contributed by atoms with E-state index in [0.717, 1.165) is 11.8 Å². The van der Waals surface area contributed by atoms with Gasteiger partial charge in [0, 0.05) is 24.2 Å². The van der Waals surface area contributed by atoms with Crippen LogP contribution in [0.2, 0.25) is 0 Å². The predicted octanol–water partition coefficient (Wildman–Crippen LogP) is 3.19. The molecule has 0 saturated heterocycles. The van der Waals surface area contributed by atoms with Crippen molar-refractivity contribution in [1.82, 2.24) is 0 Å². The quantitative estimate of drug-likeness (QED) is 0.277. The van der Waals surface area contributed by atoms with Gasteiger partial charge in [0.25, 0.3) is 0 Å². The highest BCUT2D eigenvalue weighted by Gasteiger charge is 2.09. The van der Waals surface area contributed by atoms with Gasteiger partial charge in [-0.1, -0.05) is 49.6 Å². The molecular formula is C28H42N4O6. The minimum atomic E-state index is -0.955. The number of aldehydes is 1. The van der Waals surface area contributed by atoms with E-state index in [-0.39, 0.29) is 12.3 Å². The van der Waals surface area contributed by atoms with E-state index in [1.165, 1.54) is 39.0 Å². The smallest absolute Gasteiger partial charge is 0.320 e. The van der Waals surface area contributed by atoms with Crippen LogP contribution in [0.5, 0.6) is 0 Å². The Labute approximate surface area is 224 Å². The summed E-state index contributed by atoms with van der Waals surface area (Å²) in [5.41, 5.74) is 18.1. The molecule has 38 heavy (non-hydrogen) atoms. The van der Waals surface area contributed by atoms with E-state index < -0.39 is 18.0 Å². The SMILES string of the molecule is CC(=O)Nc1ccc(C=O)cc1.NC1CCCCC1.NCCC[C@@H](N)C(=O)O.O=C(O)Cc1ccccc1. The van der Waals surface area contributed by atoms with Crippen molar-refractivity contribution in [2.75, 3.05) is 11.9 Å². The Morgan fingerprint density at radius 3 is 1.97 bits per heavy atom. The van der Waals surface area contributed by atoms with Crippen LogP contribution in [0.3, 0.4) is 0 Å². The number of nitrogens with two attached hydrogens (primary N) is 3. The third kappa shape index (κ3) is 19.6. The number of hydrogen-bond donors (Lipinski definition) is 6. The first kappa shape index (κ1) is 34.4. The lowest BCUT2D eigenvalue weighted by Gasteiger charge is -2.15. The topological polar surface area (TPSA) is 199 Å². The molecule has 0 radical (unpaired) electrons. The summed E-state index contributed by atoms with van der Waals surface area (Å²) < 4.78 is 0. The standard InChI is InChI=1S/C9H9NO2.C8H8O2.C6H13N.C5H12N2O2/c1-7(12)10-9-4-2-8(6-11)3-5-9;9-8(10)6-7-4-2-1-3-5-7;7-6-4-2-1-3-5-6;6-3-1-2-4(7)5(8)9/h2-6H,1H3,(H,10,12);1-5H,6H2,(H,9,10);6H,1-5,7H2;4H,1-3,6-7H2,(H,8,9)/t;;;4-/m...1/s1. The van der Waals surface area contributed by atoms with Crippen LogP contribution in [-0.2, 0) is 20.8 Å². The summed E-state index contributed by atoms with van der Waals surface area (Å²) in [5, 5.41) is 19.2. The third-order valence-electron chi connectivity index (χ3n) is 5.25. The van der Waals surface area contributed by atoms with Crippen LogP contribution in [0.25, 0.3) is 0 Å². The first-order valence-corrected chi connectivity index (χ1v) is 12.6. The Hall–Kier alpha value is -3.60. The molecule has 0 spiro atoms. The highest BCUT2D eigenvalue weighted by molar-refractivity contribution is 5.89. The summed E-state index contributed by atoms with van der Waals surface area (Å²) in [7, 11) is 0. The molecular weight excluding hydrogens is 488 g/mol. The van der Waals surface area contributed by atoms with Crippen LogP contribution >= 0.6 is 0 Å². The molecule has 1 aliphatic rings. The minimum absolute atomic E-state index is 0.112. The van der Waals surface area contributed by atoms with Crippen molar-refractivity contribution in [2.24, 2.45) is 17.2 Å². The number of carboxylic acids is 2. The van der Waals surface area contributed by atoms with Crippen molar-refractivity contribution in [2.45, 2.75) is 70.4 Å². The molecule has 2 aromatic rings. The van der Waals surface area contributed by atoms with Gasteiger partial charge in [-0.15, -0.1) is 0 Å². The maximum absolute atomic E-state index is 10.6. The number of amides is 1. The van der Waals surface area contributed by atoms with Crippen molar-refractivity contribution in [3.8, 4) is 0 Å². The van der Waals surface area contributed by atoms with Crippen LogP contribution in [0.15, 0.2) is 54.6 Å². The number of carbonyl (C=O) groups is 4. The van der Waals surface area contributed by atoms with E-state index in [1.807, 2.05) is 18.2 Å². The van der Waals surface area contributed by atoms with Gasteiger partial charge in [0.1, 0.15) is 12.3 Å². The van der Waals surface area contributed by atoms with E-state index in [1.54, 1.807) is 36.4 Å². The van der Waals surface area contributed by atoms with E-state index in [2.05, 4.69) is 5.32 Å². The van der Waals surface area contributed by atoms with Crippen LogP contribution in [0, 0.1) is 0 Å². The molecule has 0 aliphatic heterocycles. The van der Waals surface area contributed by atoms with E-state index in [0.29, 0.717) is 36.7 Å². The summed E-state index contributed by atoms with van der Waals surface area (Å²) in [4.78, 5) is 41.0. The van der Waals surface area contributed by atoms with Gasteiger partial charge >= 0.3 is 11.9 Å². The largest absolute Gasteiger partial charge is 0.481 e. The molecule has 10 heteroatoms. The van der Waals surface area contributed by atoms with Gasteiger partial charge < -0.3 is 32.7 Å². The highest BCUT2D eigenvalue weighted by Crippen LogP contribution is 2.14. The molecule has 0 aromatic heterocycles. The fourth-order valence-electron chi connectivity index (χ4n) is 3.21. The zero-order valence-electron chi connectivity index (χ0n) is 22.1. The number of aliphatic carboxylic acids is 2. The second-order valence-corrected chi connectivity index (χ2v) is 8.75. The van der Waals surface area contributed by atoms with Crippen molar-refractivity contribution < 1.29 is 29.4 Å². The van der Waals surface area contributed by atoms with Gasteiger partial charge in [0.05, 0.1) is 6.42 Å². The first-order chi connectivity index (χ1) is 18.1. The van der Waals surface area contributed by atoms with E-state index in [9.17, 15) is 19.2 Å². The van der Waals surface area contributed by atoms with Gasteiger partial charge in [0.2, 0.25) is 5.91 Å². The van der Waals surface area contributed by atoms with Crippen molar-refractivity contribution in [3.63, 3.8) is 0 Å². The second kappa shape index (κ2) is 21.5. The molecule has 1 saturated carbocycles. The van der Waals surface area contributed by atoms with Crippen LogP contribution in [0.1, 0.15) is 67.8 Å². The lowest BCUT2D eigenvalue weighted by Crippen LogP contribution is -2.30. The molecule has 2 aromatic carbocycles. The van der Waals surface area contributed by atoms with Gasteiger partial charge in [-0.25, -0.2) is 0 Å². The molecule has 210 valence electrons. The average molecular weight is 531 g/mol. The Morgan fingerprint density at radius 1 is 1.00 bits per heavy atom. The molecule has 1 aliphatic carbocycles. The lowest BCUT2D eigenvalue weighted by molar-refractivity contribution is -0.139. The summed E-state index contributed by atoms with van der Waals surface area (Å²) in [6.45, 7) is 1.94. The van der Waals surface area contributed by atoms with Gasteiger partial charge in [-0.2, -0.15) is 0 Å². The van der Waals surface area contributed by atoms with Crippen LogP contribution in [-0.4, -0.2) is 53.0 Å². The summed E-state index contributed by atoms with van der Waals surface area (Å²) >= 11 is 0. The van der Waals surface area contributed by atoms with Gasteiger partial charge in [-0.3, -0.25) is 19.2 Å². The van der Waals surface area contributed by atoms with Crippen molar-refractivity contribution >= 4 is 29.8 Å². The Balaban J connectivity index is 0.000000489. The van der Waals surface area contributed by atoms with E-state index in [4.69, 9.17) is 27.4 Å². The molecule has 1 fully saturated rings. The average Bonchev–Trinajstić information content (AvgIpc) is 2.89. The fourth-order valence-corrected chi connectivity index (χ4v) is 3.21. The molecule has 0 heterocycles. The van der Waals surface area contributed by atoms with Gasteiger partial charge in [-0.05, 0) is 62.1 Å². The van der Waals surface area contributed by atoms with E-state index >= 15 is 0 Å². The molecule has 3 rings (SSSR count). The maximum atomic E-state index is 10.6. The summed E-state index contributed by atoms with van der Waals surface area (Å²) in [5.74, 6) is -1.86. The van der Waals surface area contributed by atoms with Crippen molar-refractivity contribution in [1.29, 1.82) is 0 Å². The number of benzene rings is 2. The van der Waals surface area contributed by atoms with Crippen molar-refractivity contribution in [3.05, 3.63) is 65.7 Å². The first-order valence-electron chi connectivity index (χ1n) is 12.6. The predicted molar refractivity (Wildman–Crippen MR) is 149 cm³/mol. The molecule has 10 nitrogen and oxygen atoms in total. The molecule has 1 atom stereocenters. The fraction of sp³-hybridized carbons (Fsp3) is 0.429. The second-order valence-electron chi connectivity index (χ2n) is 8.75. The maximum Gasteiger partial charge on any atom is 0.320 e. The third-order valence-corrected chi connectivity index (χ3v) is 5.25. The number of rotatable bonds is 8. The zero-order chi connectivity index (χ0) is 28.8. The highest BCUT2D eigenvalue weighted by atomic mass is 16.4. The number of hydrogen-bond acceptors (Lipinski definition) is 7. The Morgan fingerprint density at radius 2 is 1.58 bits per heavy atom. The van der Waals surface area contributed by atoms with Gasteiger partial charge in [0.15, 0.2) is 0 Å². The summed E-state index contributed by atoms with van der Waals surface area (Å²) in [6.07, 6.45) is 8.67. The normalized spacial score (nSPS) is 13.1. The van der Waals surface area contributed by atoms with Crippen LogP contribution < -0.4 is 22.5 Å². The Kier molecular flexibility index (Phi) is 19.4. The summed E-state index contributed by atoms with van der Waals surface area (Å²) in [6, 6.07) is 15.6. The number of carboxylic acid groups (broad SMARTS) is 2. The molecule has 0 bridgehead atoms. The van der Waals surface area contributed by atoms with Crippen LogP contribution in [0.4, 0.5) is 5.69 Å². The Bertz CT molecular complexity index is 932. The molecule has 1 amide bonds. The monoisotopic (exact) mass is 530 g/mol. The number of anilines is 1. The molecule has 0 unspecified atom stereocenters. The zero-order valence-corrected chi connectivity index (χ0v) is 22.1. The lowest BCUT2D eigenvalue weighted by atomic mass is 9.97. The molecule has 9 N–H and O–H groups in total. The number of nitrogens with one attached hydrogen (secondary N) is 1.